The van der Waals surface area contributed by atoms with Gasteiger partial charge in [0.1, 0.15) is 5.69 Å². The zero-order valence-corrected chi connectivity index (χ0v) is 16.7. The number of amides is 1. The molecule has 0 unspecified atom stereocenters. The van der Waals surface area contributed by atoms with Crippen LogP contribution in [0.3, 0.4) is 0 Å². The number of carbonyl (C=O) groups excluding carboxylic acids is 1. The van der Waals surface area contributed by atoms with E-state index < -0.39 is 0 Å². The fourth-order valence-electron chi connectivity index (χ4n) is 2.70. The summed E-state index contributed by atoms with van der Waals surface area (Å²) < 4.78 is 14.0. The van der Waals surface area contributed by atoms with Crippen molar-refractivity contribution >= 4 is 28.5 Å². The molecule has 130 valence electrons. The van der Waals surface area contributed by atoms with E-state index in [0.717, 1.165) is 9.13 Å². The van der Waals surface area contributed by atoms with Crippen LogP contribution in [-0.4, -0.2) is 42.7 Å². The van der Waals surface area contributed by atoms with Gasteiger partial charge in [-0.1, -0.05) is 0 Å². The number of halogens is 1. The van der Waals surface area contributed by atoms with Crippen LogP contribution >= 0.6 is 22.6 Å². The number of ether oxygens (including phenoxy) is 2. The normalized spacial score (nSPS) is 10.5. The zero-order valence-electron chi connectivity index (χ0n) is 14.5. The van der Waals surface area contributed by atoms with Gasteiger partial charge in [0.15, 0.2) is 11.5 Å². The molecule has 2 rings (SSSR count). The number of benzene rings is 1. The Morgan fingerprint density at radius 2 is 1.88 bits per heavy atom. The third kappa shape index (κ3) is 3.68. The molecule has 1 aromatic carbocycles. The first-order chi connectivity index (χ1) is 11.6. The van der Waals surface area contributed by atoms with Gasteiger partial charge < -0.3 is 18.9 Å². The Hall–Kier alpha value is -1.70. The van der Waals surface area contributed by atoms with E-state index in [1.165, 1.54) is 0 Å². The number of nitrogens with zero attached hydrogens (tertiary/aromatic N) is 2. The summed E-state index contributed by atoms with van der Waals surface area (Å²) in [5.41, 5.74) is 1.68. The topological polar surface area (TPSA) is 43.7 Å². The molecule has 0 N–H and O–H groups in total. The van der Waals surface area contributed by atoms with Crippen molar-refractivity contribution in [1.29, 1.82) is 0 Å². The van der Waals surface area contributed by atoms with Crippen molar-refractivity contribution in [3.8, 4) is 11.5 Å². The Morgan fingerprint density at radius 1 is 1.17 bits per heavy atom. The lowest BCUT2D eigenvalue weighted by Crippen LogP contribution is -2.32. The van der Waals surface area contributed by atoms with Crippen molar-refractivity contribution in [2.24, 2.45) is 0 Å². The fraction of sp³-hybridized carbons (Fsp3) is 0.389. The van der Waals surface area contributed by atoms with Crippen molar-refractivity contribution < 1.29 is 14.3 Å². The van der Waals surface area contributed by atoms with E-state index in [1.54, 1.807) is 14.2 Å². The molecule has 0 saturated heterocycles. The van der Waals surface area contributed by atoms with Crippen molar-refractivity contribution in [1.82, 2.24) is 9.47 Å². The van der Waals surface area contributed by atoms with Gasteiger partial charge in [0.25, 0.3) is 5.91 Å². The summed E-state index contributed by atoms with van der Waals surface area (Å²) in [4.78, 5) is 14.5. The van der Waals surface area contributed by atoms with Gasteiger partial charge >= 0.3 is 0 Å². The molecule has 1 heterocycles. The van der Waals surface area contributed by atoms with Gasteiger partial charge in [-0.2, -0.15) is 0 Å². The summed E-state index contributed by atoms with van der Waals surface area (Å²) in [6.07, 6.45) is 1.92. The molecule has 0 bridgehead atoms. The Balaban J connectivity index is 2.41. The SMILES string of the molecule is CCN(CC)C(=O)c1cccn1Cc1c(I)ccc(OC)c1OC. The van der Waals surface area contributed by atoms with E-state index in [-0.39, 0.29) is 5.91 Å². The second-order valence-electron chi connectivity index (χ2n) is 5.26. The largest absolute Gasteiger partial charge is 0.493 e. The summed E-state index contributed by atoms with van der Waals surface area (Å²) in [6, 6.07) is 7.64. The van der Waals surface area contributed by atoms with Gasteiger partial charge in [-0.3, -0.25) is 4.79 Å². The van der Waals surface area contributed by atoms with Crippen LogP contribution in [0.15, 0.2) is 30.5 Å². The second kappa shape index (κ2) is 8.41. The number of methoxy groups -OCH3 is 2. The quantitative estimate of drug-likeness (QED) is 0.616. The number of aromatic nitrogens is 1. The van der Waals surface area contributed by atoms with E-state index in [0.29, 0.717) is 36.8 Å². The Morgan fingerprint density at radius 3 is 2.46 bits per heavy atom. The molecule has 0 fully saturated rings. The van der Waals surface area contributed by atoms with Crippen LogP contribution in [0, 0.1) is 3.57 Å². The smallest absolute Gasteiger partial charge is 0.270 e. The average Bonchev–Trinajstić information content (AvgIpc) is 3.05. The molecule has 1 amide bonds. The molecule has 5 nitrogen and oxygen atoms in total. The first-order valence-electron chi connectivity index (χ1n) is 7.91. The second-order valence-corrected chi connectivity index (χ2v) is 6.42. The van der Waals surface area contributed by atoms with Crippen LogP contribution in [0.2, 0.25) is 0 Å². The maximum Gasteiger partial charge on any atom is 0.270 e. The molecule has 0 spiro atoms. The minimum Gasteiger partial charge on any atom is -0.493 e. The lowest BCUT2D eigenvalue weighted by molar-refractivity contribution is 0.0762. The lowest BCUT2D eigenvalue weighted by Gasteiger charge is -2.21. The summed E-state index contributed by atoms with van der Waals surface area (Å²) in [5.74, 6) is 1.44. The van der Waals surface area contributed by atoms with Crippen molar-refractivity contribution in [2.75, 3.05) is 27.3 Å². The van der Waals surface area contributed by atoms with Crippen molar-refractivity contribution in [3.05, 3.63) is 45.3 Å². The molecule has 1 aromatic heterocycles. The number of carbonyl (C=O) groups is 1. The van der Waals surface area contributed by atoms with Gasteiger partial charge in [-0.25, -0.2) is 0 Å². The highest BCUT2D eigenvalue weighted by Crippen LogP contribution is 2.35. The molecule has 2 aromatic rings. The van der Waals surface area contributed by atoms with Crippen LogP contribution in [0.5, 0.6) is 11.5 Å². The maximum absolute atomic E-state index is 12.7. The predicted molar refractivity (Wildman–Crippen MR) is 103 cm³/mol. The average molecular weight is 442 g/mol. The highest BCUT2D eigenvalue weighted by molar-refractivity contribution is 14.1. The molecular formula is C18H23IN2O3. The Bertz CT molecular complexity index is 708. The van der Waals surface area contributed by atoms with Gasteiger partial charge in [-0.05, 0) is 60.7 Å². The van der Waals surface area contributed by atoms with Crippen LogP contribution in [0.1, 0.15) is 29.9 Å². The standard InChI is InChI=1S/C18H23IN2O3/c1-5-20(6-2)18(22)15-8-7-11-21(15)12-13-14(19)9-10-16(23-3)17(13)24-4/h7-11H,5-6,12H2,1-4H3. The van der Waals surface area contributed by atoms with Crippen molar-refractivity contribution in [2.45, 2.75) is 20.4 Å². The van der Waals surface area contributed by atoms with Gasteiger partial charge in [0.2, 0.25) is 0 Å². The number of rotatable bonds is 7. The van der Waals surface area contributed by atoms with E-state index >= 15 is 0 Å². The first-order valence-corrected chi connectivity index (χ1v) is 8.98. The minimum atomic E-state index is 0.0434. The summed E-state index contributed by atoms with van der Waals surface area (Å²) in [6.45, 7) is 5.92. The van der Waals surface area contributed by atoms with Crippen LogP contribution < -0.4 is 9.47 Å². The molecule has 0 atom stereocenters. The van der Waals surface area contributed by atoms with Gasteiger partial charge in [-0.15, -0.1) is 0 Å². The maximum atomic E-state index is 12.7. The van der Waals surface area contributed by atoms with E-state index in [2.05, 4.69) is 22.6 Å². The highest BCUT2D eigenvalue weighted by atomic mass is 127. The van der Waals surface area contributed by atoms with Gasteiger partial charge in [0.05, 0.1) is 20.8 Å². The molecule has 0 aliphatic rings. The third-order valence-electron chi connectivity index (χ3n) is 4.02. The molecule has 0 aliphatic heterocycles. The van der Waals surface area contributed by atoms with Crippen LogP contribution in [0.25, 0.3) is 0 Å². The van der Waals surface area contributed by atoms with E-state index in [9.17, 15) is 4.79 Å². The monoisotopic (exact) mass is 442 g/mol. The number of hydrogen-bond acceptors (Lipinski definition) is 3. The predicted octanol–water partition coefficient (Wildman–Crippen LogP) is 3.64. The van der Waals surface area contributed by atoms with Crippen LogP contribution in [-0.2, 0) is 6.54 Å². The summed E-state index contributed by atoms with van der Waals surface area (Å²) >= 11 is 2.28. The third-order valence-corrected chi connectivity index (χ3v) is 5.03. The zero-order chi connectivity index (χ0) is 17.7. The van der Waals surface area contributed by atoms with Crippen LogP contribution in [0.4, 0.5) is 0 Å². The fourth-order valence-corrected chi connectivity index (χ4v) is 3.30. The lowest BCUT2D eigenvalue weighted by atomic mass is 10.1. The molecule has 0 aliphatic carbocycles. The Kier molecular flexibility index (Phi) is 6.53. The minimum absolute atomic E-state index is 0.0434. The Labute approximate surface area is 156 Å². The number of hydrogen-bond donors (Lipinski definition) is 0. The summed E-state index contributed by atoms with van der Waals surface area (Å²) in [7, 11) is 3.26. The summed E-state index contributed by atoms with van der Waals surface area (Å²) in [5, 5.41) is 0. The van der Waals surface area contributed by atoms with E-state index in [1.807, 2.05) is 53.8 Å². The molecule has 0 saturated carbocycles. The first kappa shape index (κ1) is 18.6. The molecule has 0 radical (unpaired) electrons. The van der Waals surface area contributed by atoms with Gasteiger partial charge in [0, 0.05) is 28.4 Å². The van der Waals surface area contributed by atoms with E-state index in [4.69, 9.17) is 9.47 Å². The highest BCUT2D eigenvalue weighted by Gasteiger charge is 2.19. The van der Waals surface area contributed by atoms with Crippen molar-refractivity contribution in [3.63, 3.8) is 0 Å². The molecular weight excluding hydrogens is 419 g/mol. The molecule has 24 heavy (non-hydrogen) atoms. The molecule has 6 heteroatoms.